The molecule has 2 rings (SSSR count). The molecule has 0 aromatic heterocycles. The second kappa shape index (κ2) is 6.48. The van der Waals surface area contributed by atoms with Crippen LogP contribution in [0.5, 0.6) is 5.75 Å². The molecule has 0 bridgehead atoms. The molecule has 0 amide bonds. The molecule has 1 aliphatic carbocycles. The van der Waals surface area contributed by atoms with Crippen molar-refractivity contribution in [2.45, 2.75) is 58.1 Å². The number of benzene rings is 1. The third kappa shape index (κ3) is 3.38. The third-order valence-electron chi connectivity index (χ3n) is 4.48. The summed E-state index contributed by atoms with van der Waals surface area (Å²) >= 11 is 0. The zero-order valence-corrected chi connectivity index (χ0v) is 13.1. The quantitative estimate of drug-likeness (QED) is 0.875. The van der Waals surface area contributed by atoms with Crippen LogP contribution < -0.4 is 10.1 Å². The van der Waals surface area contributed by atoms with Gasteiger partial charge in [0, 0.05) is 6.42 Å². The standard InChI is InChI=1S/C17H25NO3/c1-4-18-17(16(19)20)10-6-8-14(11-17)21-15-9-5-7-12(2)13(15)3/h5,7,9,14,18H,4,6,8,10-11H2,1-3H3,(H,19,20). The zero-order chi connectivity index (χ0) is 15.5. The minimum atomic E-state index is -0.838. The molecule has 2 unspecified atom stereocenters. The minimum Gasteiger partial charge on any atom is -0.490 e. The molecule has 1 aromatic rings. The van der Waals surface area contributed by atoms with Gasteiger partial charge in [-0.2, -0.15) is 0 Å². The van der Waals surface area contributed by atoms with Gasteiger partial charge >= 0.3 is 5.97 Å². The number of carbonyl (C=O) groups is 1. The largest absolute Gasteiger partial charge is 0.490 e. The number of likely N-dealkylation sites (N-methyl/N-ethyl adjacent to an activating group) is 1. The van der Waals surface area contributed by atoms with Crippen LogP contribution in [0.1, 0.15) is 43.7 Å². The van der Waals surface area contributed by atoms with Crippen LogP contribution in [0, 0.1) is 13.8 Å². The lowest BCUT2D eigenvalue weighted by Crippen LogP contribution is -2.56. The van der Waals surface area contributed by atoms with Crippen molar-refractivity contribution >= 4 is 5.97 Å². The Bertz CT molecular complexity index is 511. The van der Waals surface area contributed by atoms with Gasteiger partial charge in [-0.05, 0) is 56.8 Å². The number of carboxylic acids is 1. The fraction of sp³-hybridized carbons (Fsp3) is 0.588. The van der Waals surface area contributed by atoms with E-state index in [9.17, 15) is 9.90 Å². The molecule has 2 atom stereocenters. The molecule has 0 heterocycles. The highest BCUT2D eigenvalue weighted by atomic mass is 16.5. The van der Waals surface area contributed by atoms with Gasteiger partial charge in [-0.1, -0.05) is 19.1 Å². The number of carboxylic acid groups (broad SMARTS) is 1. The Morgan fingerprint density at radius 2 is 2.24 bits per heavy atom. The van der Waals surface area contributed by atoms with Crippen molar-refractivity contribution in [3.8, 4) is 5.75 Å². The zero-order valence-electron chi connectivity index (χ0n) is 13.1. The summed E-state index contributed by atoms with van der Waals surface area (Å²) in [5.41, 5.74) is 1.49. The van der Waals surface area contributed by atoms with Crippen LogP contribution in [0.2, 0.25) is 0 Å². The van der Waals surface area contributed by atoms with E-state index in [0.29, 0.717) is 19.4 Å². The molecular formula is C17H25NO3. The molecule has 21 heavy (non-hydrogen) atoms. The predicted molar refractivity (Wildman–Crippen MR) is 82.8 cm³/mol. The highest BCUT2D eigenvalue weighted by Crippen LogP contribution is 2.32. The van der Waals surface area contributed by atoms with Crippen LogP contribution in [0.15, 0.2) is 18.2 Å². The number of aryl methyl sites for hydroxylation is 1. The van der Waals surface area contributed by atoms with Gasteiger partial charge in [-0.15, -0.1) is 0 Å². The molecule has 1 saturated carbocycles. The lowest BCUT2D eigenvalue weighted by molar-refractivity contribution is -0.147. The molecule has 0 aliphatic heterocycles. The normalized spacial score (nSPS) is 25.6. The second-order valence-corrected chi connectivity index (χ2v) is 5.95. The molecule has 1 fully saturated rings. The van der Waals surface area contributed by atoms with Gasteiger partial charge in [0.15, 0.2) is 0 Å². The lowest BCUT2D eigenvalue weighted by Gasteiger charge is -2.38. The summed E-state index contributed by atoms with van der Waals surface area (Å²) in [6.45, 7) is 6.70. The molecular weight excluding hydrogens is 266 g/mol. The number of rotatable bonds is 5. The Kier molecular flexibility index (Phi) is 4.88. The maximum absolute atomic E-state index is 11.7. The summed E-state index contributed by atoms with van der Waals surface area (Å²) in [5.74, 6) is 0.108. The first-order chi connectivity index (χ1) is 9.98. The first-order valence-corrected chi connectivity index (χ1v) is 7.70. The molecule has 1 aliphatic rings. The summed E-state index contributed by atoms with van der Waals surface area (Å²) in [4.78, 5) is 11.7. The summed E-state index contributed by atoms with van der Waals surface area (Å²) in [6, 6.07) is 6.01. The van der Waals surface area contributed by atoms with Crippen LogP contribution in [-0.4, -0.2) is 29.3 Å². The van der Waals surface area contributed by atoms with Crippen LogP contribution in [0.25, 0.3) is 0 Å². The summed E-state index contributed by atoms with van der Waals surface area (Å²) in [5, 5.41) is 12.7. The SMILES string of the molecule is CCNC1(C(=O)O)CCCC(Oc2cccc(C)c2C)C1. The molecule has 0 spiro atoms. The van der Waals surface area contributed by atoms with E-state index in [0.717, 1.165) is 24.2 Å². The second-order valence-electron chi connectivity index (χ2n) is 5.95. The van der Waals surface area contributed by atoms with Crippen LogP contribution in [0.3, 0.4) is 0 Å². The van der Waals surface area contributed by atoms with Crippen LogP contribution in [0.4, 0.5) is 0 Å². The smallest absolute Gasteiger partial charge is 0.324 e. The number of ether oxygens (including phenoxy) is 1. The third-order valence-corrected chi connectivity index (χ3v) is 4.48. The number of nitrogens with one attached hydrogen (secondary N) is 1. The van der Waals surface area contributed by atoms with Crippen molar-refractivity contribution in [1.82, 2.24) is 5.32 Å². The van der Waals surface area contributed by atoms with Crippen LogP contribution >= 0.6 is 0 Å². The maximum atomic E-state index is 11.7. The van der Waals surface area contributed by atoms with Gasteiger partial charge in [0.1, 0.15) is 17.4 Å². The molecule has 1 aromatic carbocycles. The van der Waals surface area contributed by atoms with Crippen molar-refractivity contribution in [2.75, 3.05) is 6.54 Å². The van der Waals surface area contributed by atoms with Gasteiger partial charge in [0.25, 0.3) is 0 Å². The Balaban J connectivity index is 2.14. The van der Waals surface area contributed by atoms with E-state index in [1.54, 1.807) is 0 Å². The van der Waals surface area contributed by atoms with E-state index in [-0.39, 0.29) is 6.10 Å². The molecule has 4 nitrogen and oxygen atoms in total. The van der Waals surface area contributed by atoms with Crippen molar-refractivity contribution in [2.24, 2.45) is 0 Å². The topological polar surface area (TPSA) is 58.6 Å². The molecule has 0 radical (unpaired) electrons. The van der Waals surface area contributed by atoms with Crippen molar-refractivity contribution in [3.05, 3.63) is 29.3 Å². The van der Waals surface area contributed by atoms with Gasteiger partial charge < -0.3 is 15.2 Å². The average molecular weight is 291 g/mol. The first kappa shape index (κ1) is 15.8. The van der Waals surface area contributed by atoms with Crippen LogP contribution in [-0.2, 0) is 4.79 Å². The fourth-order valence-corrected chi connectivity index (χ4v) is 3.13. The molecule has 116 valence electrons. The number of aliphatic carboxylic acids is 1. The highest BCUT2D eigenvalue weighted by Gasteiger charge is 2.43. The molecule has 2 N–H and O–H groups in total. The van der Waals surface area contributed by atoms with Crippen molar-refractivity contribution in [1.29, 1.82) is 0 Å². The van der Waals surface area contributed by atoms with Gasteiger partial charge in [0.05, 0.1) is 0 Å². The summed E-state index contributed by atoms with van der Waals surface area (Å²) in [6.07, 6.45) is 2.92. The van der Waals surface area contributed by atoms with Crippen molar-refractivity contribution < 1.29 is 14.6 Å². The van der Waals surface area contributed by atoms with Crippen molar-refractivity contribution in [3.63, 3.8) is 0 Å². The van der Waals surface area contributed by atoms with Gasteiger partial charge in [0.2, 0.25) is 0 Å². The minimum absolute atomic E-state index is 0.0469. The van der Waals surface area contributed by atoms with Gasteiger partial charge in [-0.25, -0.2) is 0 Å². The van der Waals surface area contributed by atoms with E-state index in [1.165, 1.54) is 5.56 Å². The fourth-order valence-electron chi connectivity index (χ4n) is 3.13. The molecule has 4 heteroatoms. The summed E-state index contributed by atoms with van der Waals surface area (Å²) < 4.78 is 6.12. The van der Waals surface area contributed by atoms with E-state index in [4.69, 9.17) is 4.74 Å². The predicted octanol–water partition coefficient (Wildman–Crippen LogP) is 3.06. The van der Waals surface area contributed by atoms with E-state index < -0.39 is 11.5 Å². The lowest BCUT2D eigenvalue weighted by atomic mass is 9.80. The van der Waals surface area contributed by atoms with E-state index >= 15 is 0 Å². The summed E-state index contributed by atoms with van der Waals surface area (Å²) in [7, 11) is 0. The monoisotopic (exact) mass is 291 g/mol. The average Bonchev–Trinajstić information content (AvgIpc) is 2.44. The highest BCUT2D eigenvalue weighted by molar-refractivity contribution is 5.79. The Labute approximate surface area is 126 Å². The van der Waals surface area contributed by atoms with E-state index in [1.807, 2.05) is 26.0 Å². The Morgan fingerprint density at radius 3 is 2.90 bits per heavy atom. The Hall–Kier alpha value is -1.55. The first-order valence-electron chi connectivity index (χ1n) is 7.70. The maximum Gasteiger partial charge on any atom is 0.324 e. The number of hydrogen-bond acceptors (Lipinski definition) is 3. The molecule has 0 saturated heterocycles. The number of hydrogen-bond donors (Lipinski definition) is 2. The Morgan fingerprint density at radius 1 is 1.48 bits per heavy atom. The van der Waals surface area contributed by atoms with E-state index in [2.05, 4.69) is 18.3 Å². The van der Waals surface area contributed by atoms with Gasteiger partial charge in [-0.3, -0.25) is 4.79 Å².